The molecule has 3 rings (SSSR count). The lowest BCUT2D eigenvalue weighted by Gasteiger charge is -2.40. The lowest BCUT2D eigenvalue weighted by atomic mass is 9.76. The molecule has 1 atom stereocenters. The van der Waals surface area contributed by atoms with Gasteiger partial charge in [0.15, 0.2) is 0 Å². The zero-order chi connectivity index (χ0) is 18.9. The molecule has 7 nitrogen and oxygen atoms in total. The van der Waals surface area contributed by atoms with Crippen molar-refractivity contribution in [3.05, 3.63) is 17.6 Å². The Kier molecular flexibility index (Phi) is 5.16. The minimum Gasteiger partial charge on any atom is -0.480 e. The number of amides is 1. The molecule has 0 aromatic carbocycles. The first-order valence-corrected chi connectivity index (χ1v) is 9.43. The van der Waals surface area contributed by atoms with Crippen LogP contribution in [0.4, 0.5) is 5.82 Å². The maximum atomic E-state index is 11.9. The van der Waals surface area contributed by atoms with Crippen molar-refractivity contribution in [3.63, 3.8) is 0 Å². The average molecular weight is 360 g/mol. The van der Waals surface area contributed by atoms with Crippen molar-refractivity contribution in [2.24, 2.45) is 5.41 Å². The number of aromatic nitrogens is 2. The summed E-state index contributed by atoms with van der Waals surface area (Å²) in [6, 6.07) is -0.684. The number of rotatable bonds is 4. The molecule has 2 aliphatic heterocycles. The highest BCUT2D eigenvalue weighted by molar-refractivity contribution is 5.83. The first-order chi connectivity index (χ1) is 12.3. The van der Waals surface area contributed by atoms with E-state index in [1.807, 2.05) is 13.1 Å². The summed E-state index contributed by atoms with van der Waals surface area (Å²) in [7, 11) is 0. The highest BCUT2D eigenvalue weighted by Gasteiger charge is 2.49. The second-order valence-corrected chi connectivity index (χ2v) is 7.71. The largest absolute Gasteiger partial charge is 0.480 e. The molecule has 7 heteroatoms. The standard InChI is InChI=1S/C19H28N4O3/c1-4-5-15-11-20-13(2)21-17(15)22-8-6-19(7-9-22)10-16(18(25)26)23(12-19)14(3)24/h11,16H,4-10,12H2,1-3H3,(H,25,26)/t16-/m0/s1. The van der Waals surface area contributed by atoms with E-state index >= 15 is 0 Å². The summed E-state index contributed by atoms with van der Waals surface area (Å²) >= 11 is 0. The number of anilines is 1. The number of nitrogens with zero attached hydrogens (tertiary/aromatic N) is 4. The topological polar surface area (TPSA) is 86.6 Å². The van der Waals surface area contributed by atoms with Gasteiger partial charge in [0.25, 0.3) is 0 Å². The second kappa shape index (κ2) is 7.21. The van der Waals surface area contributed by atoms with Crippen LogP contribution in [0.3, 0.4) is 0 Å². The number of aliphatic carboxylic acids is 1. The zero-order valence-corrected chi connectivity index (χ0v) is 15.9. The fourth-order valence-corrected chi connectivity index (χ4v) is 4.37. The lowest BCUT2D eigenvalue weighted by Crippen LogP contribution is -2.43. The first-order valence-electron chi connectivity index (χ1n) is 9.43. The molecule has 2 fully saturated rings. The fourth-order valence-electron chi connectivity index (χ4n) is 4.37. The molecule has 0 aliphatic carbocycles. The molecule has 1 aromatic heterocycles. The van der Waals surface area contributed by atoms with Gasteiger partial charge in [-0.25, -0.2) is 14.8 Å². The SMILES string of the molecule is CCCc1cnc(C)nc1N1CCC2(CC1)C[C@@H](C(=O)O)N(C(C)=O)C2. The van der Waals surface area contributed by atoms with Crippen LogP contribution in [0.2, 0.25) is 0 Å². The number of carboxylic acids is 1. The van der Waals surface area contributed by atoms with Crippen LogP contribution >= 0.6 is 0 Å². The summed E-state index contributed by atoms with van der Waals surface area (Å²) in [4.78, 5) is 36.3. The van der Waals surface area contributed by atoms with Gasteiger partial charge < -0.3 is 14.9 Å². The van der Waals surface area contributed by atoms with Crippen LogP contribution in [0.15, 0.2) is 6.20 Å². The van der Waals surface area contributed by atoms with Crippen molar-refractivity contribution in [1.82, 2.24) is 14.9 Å². The van der Waals surface area contributed by atoms with Crippen LogP contribution < -0.4 is 4.90 Å². The van der Waals surface area contributed by atoms with Gasteiger partial charge in [-0.15, -0.1) is 0 Å². The number of carbonyl (C=O) groups excluding carboxylic acids is 1. The first kappa shape index (κ1) is 18.6. The number of aryl methyl sites for hydroxylation is 2. The van der Waals surface area contributed by atoms with E-state index < -0.39 is 12.0 Å². The van der Waals surface area contributed by atoms with Gasteiger partial charge in [-0.3, -0.25) is 4.79 Å². The van der Waals surface area contributed by atoms with Gasteiger partial charge in [0.1, 0.15) is 17.7 Å². The molecule has 1 amide bonds. The summed E-state index contributed by atoms with van der Waals surface area (Å²) in [5.41, 5.74) is 1.09. The van der Waals surface area contributed by atoms with Crippen molar-refractivity contribution in [2.75, 3.05) is 24.5 Å². The molecular weight excluding hydrogens is 332 g/mol. The highest BCUT2D eigenvalue weighted by atomic mass is 16.4. The van der Waals surface area contributed by atoms with Gasteiger partial charge in [-0.2, -0.15) is 0 Å². The molecule has 3 heterocycles. The fraction of sp³-hybridized carbons (Fsp3) is 0.684. The maximum Gasteiger partial charge on any atom is 0.326 e. The Bertz CT molecular complexity index is 674. The van der Waals surface area contributed by atoms with Crippen LogP contribution in [0.1, 0.15) is 50.9 Å². The molecule has 0 unspecified atom stereocenters. The third-order valence-electron chi connectivity index (χ3n) is 5.80. The van der Waals surface area contributed by atoms with E-state index in [0.717, 1.165) is 50.4 Å². The van der Waals surface area contributed by atoms with E-state index in [4.69, 9.17) is 0 Å². The van der Waals surface area contributed by atoms with Crippen LogP contribution in [0.25, 0.3) is 0 Å². The summed E-state index contributed by atoms with van der Waals surface area (Å²) in [5.74, 6) is 0.754. The molecule has 2 saturated heterocycles. The molecular formula is C19H28N4O3. The Morgan fingerprint density at radius 1 is 1.35 bits per heavy atom. The van der Waals surface area contributed by atoms with E-state index in [9.17, 15) is 14.7 Å². The number of piperidine rings is 1. The normalized spacial score (nSPS) is 22.0. The molecule has 142 valence electrons. The Morgan fingerprint density at radius 2 is 2.04 bits per heavy atom. The Balaban J connectivity index is 1.75. The smallest absolute Gasteiger partial charge is 0.326 e. The summed E-state index contributed by atoms with van der Waals surface area (Å²) in [6.07, 6.45) is 6.26. The van der Waals surface area contributed by atoms with E-state index in [2.05, 4.69) is 21.8 Å². The van der Waals surface area contributed by atoms with Crippen LogP contribution in [0, 0.1) is 12.3 Å². The van der Waals surface area contributed by atoms with E-state index in [1.54, 1.807) is 0 Å². The highest BCUT2D eigenvalue weighted by Crippen LogP contribution is 2.44. The predicted octanol–water partition coefficient (Wildman–Crippen LogP) is 2.03. The molecule has 1 N–H and O–H groups in total. The van der Waals surface area contributed by atoms with Crippen LogP contribution in [-0.2, 0) is 16.0 Å². The van der Waals surface area contributed by atoms with Gasteiger partial charge in [-0.1, -0.05) is 13.3 Å². The third-order valence-corrected chi connectivity index (χ3v) is 5.80. The Labute approximate surface area is 154 Å². The van der Waals surface area contributed by atoms with Crippen molar-refractivity contribution in [3.8, 4) is 0 Å². The molecule has 1 spiro atoms. The van der Waals surface area contributed by atoms with Gasteiger partial charge in [0.05, 0.1) is 0 Å². The third kappa shape index (κ3) is 3.52. The van der Waals surface area contributed by atoms with Crippen LogP contribution in [0.5, 0.6) is 0 Å². The Morgan fingerprint density at radius 3 is 2.58 bits per heavy atom. The molecule has 0 radical (unpaired) electrons. The zero-order valence-electron chi connectivity index (χ0n) is 15.9. The summed E-state index contributed by atoms with van der Waals surface area (Å²) < 4.78 is 0. The van der Waals surface area contributed by atoms with Crippen molar-refractivity contribution in [1.29, 1.82) is 0 Å². The van der Waals surface area contributed by atoms with Gasteiger partial charge in [0.2, 0.25) is 5.91 Å². The molecule has 0 saturated carbocycles. The predicted molar refractivity (Wildman–Crippen MR) is 98.1 cm³/mol. The molecule has 1 aromatic rings. The molecule has 26 heavy (non-hydrogen) atoms. The number of carbonyl (C=O) groups is 2. The van der Waals surface area contributed by atoms with E-state index in [-0.39, 0.29) is 11.3 Å². The number of likely N-dealkylation sites (tertiary alicyclic amines) is 1. The Hall–Kier alpha value is -2.18. The minimum atomic E-state index is -0.892. The quantitative estimate of drug-likeness (QED) is 0.884. The maximum absolute atomic E-state index is 11.9. The van der Waals surface area contributed by atoms with Crippen molar-refractivity contribution >= 4 is 17.7 Å². The van der Waals surface area contributed by atoms with E-state index in [1.165, 1.54) is 17.4 Å². The lowest BCUT2D eigenvalue weighted by molar-refractivity contribution is -0.147. The van der Waals surface area contributed by atoms with Crippen molar-refractivity contribution < 1.29 is 14.7 Å². The summed E-state index contributed by atoms with van der Waals surface area (Å²) in [6.45, 7) is 7.75. The van der Waals surface area contributed by atoms with Crippen molar-refractivity contribution in [2.45, 2.75) is 58.9 Å². The number of carboxylic acid groups (broad SMARTS) is 1. The van der Waals surface area contributed by atoms with Crippen LogP contribution in [-0.4, -0.2) is 57.5 Å². The van der Waals surface area contributed by atoms with Gasteiger partial charge in [-0.05, 0) is 38.0 Å². The number of hydrogen-bond acceptors (Lipinski definition) is 5. The summed E-state index contributed by atoms with van der Waals surface area (Å²) in [5, 5.41) is 9.48. The molecule has 2 aliphatic rings. The average Bonchev–Trinajstić information content (AvgIpc) is 2.97. The number of hydrogen-bond donors (Lipinski definition) is 1. The van der Waals surface area contributed by atoms with Gasteiger partial charge in [0, 0.05) is 38.3 Å². The monoisotopic (exact) mass is 360 g/mol. The van der Waals surface area contributed by atoms with E-state index in [0.29, 0.717) is 13.0 Å². The minimum absolute atomic E-state index is 0.0851. The second-order valence-electron chi connectivity index (χ2n) is 7.71. The van der Waals surface area contributed by atoms with Gasteiger partial charge >= 0.3 is 5.97 Å². The molecule has 0 bridgehead atoms.